The number of nitrogens with zero attached hydrogens (tertiary/aromatic N) is 2. The second-order valence-electron chi connectivity index (χ2n) is 12.4. The smallest absolute Gasteiger partial charge is 0.416 e. The van der Waals surface area contributed by atoms with Crippen molar-refractivity contribution < 1.29 is 37.0 Å². The van der Waals surface area contributed by atoms with Crippen LogP contribution >= 0.6 is 23.2 Å². The number of alkyl halides is 3. The molecule has 3 aromatic rings. The van der Waals surface area contributed by atoms with Crippen molar-refractivity contribution in [1.82, 2.24) is 9.80 Å². The van der Waals surface area contributed by atoms with Crippen LogP contribution in [0.2, 0.25) is 10.0 Å². The van der Waals surface area contributed by atoms with Crippen molar-refractivity contribution in [3.8, 4) is 17.2 Å². The third kappa shape index (κ3) is 6.91. The normalized spacial score (nSPS) is 19.6. The van der Waals surface area contributed by atoms with Gasteiger partial charge in [0, 0.05) is 24.1 Å². The summed E-state index contributed by atoms with van der Waals surface area (Å²) in [6.07, 6.45) is -2.38. The van der Waals surface area contributed by atoms with Gasteiger partial charge in [-0.2, -0.15) is 13.2 Å². The second-order valence-corrected chi connectivity index (χ2v) is 13.2. The van der Waals surface area contributed by atoms with Crippen LogP contribution in [0.15, 0.2) is 54.6 Å². The molecule has 2 amide bonds. The Balaban J connectivity index is 1.35. The van der Waals surface area contributed by atoms with Crippen molar-refractivity contribution in [3.63, 3.8) is 0 Å². The topological polar surface area (TPSA) is 94.3 Å². The highest BCUT2D eigenvalue weighted by Gasteiger charge is 2.45. The van der Waals surface area contributed by atoms with E-state index in [1.54, 1.807) is 18.2 Å². The number of primary amides is 1. The largest absolute Gasteiger partial charge is 0.493 e. The standard InChI is InChI=1S/C35H38Cl2F3N3O5/c1-46-28-18-22(19-29(47-2)30(28)48-3)31(44)43-17-11-33(21-43,25-8-9-26(36)27(37)20-25)10-14-42-15-12-34(13-16-42,32(41)45)23-4-6-24(7-5-23)35(38,39)40/h4-9,18-20H,10-17,21H2,1-3H3,(H2,41,45). The van der Waals surface area contributed by atoms with E-state index in [-0.39, 0.29) is 5.91 Å². The Kier molecular flexibility index (Phi) is 10.4. The van der Waals surface area contributed by atoms with Crippen molar-refractivity contribution in [3.05, 3.63) is 86.9 Å². The fourth-order valence-electron chi connectivity index (χ4n) is 7.03. The molecule has 3 aromatic carbocycles. The Labute approximate surface area is 287 Å². The van der Waals surface area contributed by atoms with Crippen molar-refractivity contribution in [1.29, 1.82) is 0 Å². The first-order valence-corrected chi connectivity index (χ1v) is 16.3. The quantitative estimate of drug-likeness (QED) is 0.251. The number of benzene rings is 3. The van der Waals surface area contributed by atoms with E-state index in [4.69, 9.17) is 43.1 Å². The summed E-state index contributed by atoms with van der Waals surface area (Å²) in [5.41, 5.74) is 5.46. The monoisotopic (exact) mass is 707 g/mol. The number of hydrogen-bond donors (Lipinski definition) is 1. The molecule has 2 aliphatic rings. The maximum absolute atomic E-state index is 13.9. The number of nitrogens with two attached hydrogens (primary N) is 1. The Bertz CT molecular complexity index is 1640. The van der Waals surface area contributed by atoms with Gasteiger partial charge in [0.25, 0.3) is 5.91 Å². The van der Waals surface area contributed by atoms with E-state index in [1.807, 2.05) is 17.0 Å². The summed E-state index contributed by atoms with van der Waals surface area (Å²) in [6.45, 7) is 2.61. The Morgan fingerprint density at radius 2 is 1.44 bits per heavy atom. The van der Waals surface area contributed by atoms with Gasteiger partial charge in [0.2, 0.25) is 11.7 Å². The summed E-state index contributed by atoms with van der Waals surface area (Å²) in [6, 6.07) is 13.6. The number of methoxy groups -OCH3 is 3. The van der Waals surface area contributed by atoms with E-state index in [2.05, 4.69) is 4.90 Å². The lowest BCUT2D eigenvalue weighted by molar-refractivity contribution is -0.137. The van der Waals surface area contributed by atoms with Gasteiger partial charge in [0.05, 0.1) is 42.4 Å². The molecule has 8 nitrogen and oxygen atoms in total. The van der Waals surface area contributed by atoms with Gasteiger partial charge in [-0.1, -0.05) is 41.4 Å². The number of halogens is 5. The first-order chi connectivity index (χ1) is 22.8. The molecule has 2 heterocycles. The summed E-state index contributed by atoms with van der Waals surface area (Å²) < 4.78 is 55.9. The number of likely N-dealkylation sites (tertiary alicyclic amines) is 2. The van der Waals surface area contributed by atoms with Gasteiger partial charge in [0.15, 0.2) is 11.5 Å². The van der Waals surface area contributed by atoms with E-state index in [0.29, 0.717) is 96.8 Å². The number of hydrogen-bond acceptors (Lipinski definition) is 6. The minimum absolute atomic E-state index is 0.183. The molecule has 0 radical (unpaired) electrons. The van der Waals surface area contributed by atoms with Gasteiger partial charge < -0.3 is 29.7 Å². The first-order valence-electron chi connectivity index (χ1n) is 15.5. The number of piperidine rings is 1. The number of amides is 2. The molecule has 5 rings (SSSR count). The maximum atomic E-state index is 13.9. The highest BCUT2D eigenvalue weighted by Crippen LogP contribution is 2.44. The molecule has 0 spiro atoms. The molecular weight excluding hydrogens is 670 g/mol. The van der Waals surface area contributed by atoms with Crippen LogP contribution in [0, 0.1) is 0 Å². The summed E-state index contributed by atoms with van der Waals surface area (Å²) in [5.74, 6) is 0.415. The Morgan fingerprint density at radius 3 is 1.96 bits per heavy atom. The molecule has 1 unspecified atom stereocenters. The fraction of sp³-hybridized carbons (Fsp3) is 0.429. The lowest BCUT2D eigenvalue weighted by atomic mass is 9.71. The van der Waals surface area contributed by atoms with Crippen molar-refractivity contribution in [2.75, 3.05) is 54.1 Å². The summed E-state index contributed by atoms with van der Waals surface area (Å²) in [5, 5.41) is 0.852. The predicted octanol–water partition coefficient (Wildman–Crippen LogP) is 6.73. The fourth-order valence-corrected chi connectivity index (χ4v) is 7.33. The van der Waals surface area contributed by atoms with Crippen LogP contribution in [-0.4, -0.2) is 75.7 Å². The maximum Gasteiger partial charge on any atom is 0.416 e. The average Bonchev–Trinajstić information content (AvgIpc) is 3.52. The van der Waals surface area contributed by atoms with E-state index in [1.165, 1.54) is 33.5 Å². The van der Waals surface area contributed by atoms with Crippen LogP contribution in [0.5, 0.6) is 17.2 Å². The Hall–Kier alpha value is -3.67. The zero-order valence-corrected chi connectivity index (χ0v) is 28.5. The molecule has 0 bridgehead atoms. The lowest BCUT2D eigenvalue weighted by Gasteiger charge is -2.41. The van der Waals surface area contributed by atoms with Crippen LogP contribution in [0.25, 0.3) is 0 Å². The van der Waals surface area contributed by atoms with Gasteiger partial charge in [0.1, 0.15) is 0 Å². The van der Waals surface area contributed by atoms with E-state index < -0.39 is 28.5 Å². The molecule has 258 valence electrons. The zero-order valence-electron chi connectivity index (χ0n) is 27.0. The average molecular weight is 709 g/mol. The molecule has 0 saturated carbocycles. The summed E-state index contributed by atoms with van der Waals surface area (Å²) in [4.78, 5) is 30.7. The number of rotatable bonds is 10. The minimum atomic E-state index is -4.47. The zero-order chi connectivity index (χ0) is 34.9. The van der Waals surface area contributed by atoms with Gasteiger partial charge >= 0.3 is 6.18 Å². The Morgan fingerprint density at radius 1 is 0.833 bits per heavy atom. The molecular formula is C35H38Cl2F3N3O5. The number of carbonyl (C=O) groups excluding carboxylic acids is 2. The van der Waals surface area contributed by atoms with Crippen LogP contribution in [-0.2, 0) is 21.8 Å². The highest BCUT2D eigenvalue weighted by atomic mass is 35.5. The van der Waals surface area contributed by atoms with E-state index in [0.717, 1.165) is 17.7 Å². The van der Waals surface area contributed by atoms with Crippen molar-refractivity contribution in [2.24, 2.45) is 5.73 Å². The predicted molar refractivity (Wildman–Crippen MR) is 177 cm³/mol. The van der Waals surface area contributed by atoms with Gasteiger partial charge in [-0.25, -0.2) is 0 Å². The molecule has 2 saturated heterocycles. The molecule has 0 aliphatic carbocycles. The minimum Gasteiger partial charge on any atom is -0.493 e. The first kappa shape index (κ1) is 35.6. The highest BCUT2D eigenvalue weighted by molar-refractivity contribution is 6.42. The number of ether oxygens (including phenoxy) is 3. The third-order valence-electron chi connectivity index (χ3n) is 9.94. The van der Waals surface area contributed by atoms with Crippen LogP contribution in [0.4, 0.5) is 13.2 Å². The molecule has 1 atom stereocenters. The van der Waals surface area contributed by atoms with Crippen LogP contribution in [0.3, 0.4) is 0 Å². The third-order valence-corrected chi connectivity index (χ3v) is 10.7. The van der Waals surface area contributed by atoms with Gasteiger partial charge in [-0.3, -0.25) is 9.59 Å². The molecule has 2 fully saturated rings. The molecule has 13 heteroatoms. The summed E-state index contributed by atoms with van der Waals surface area (Å²) >= 11 is 12.8. The van der Waals surface area contributed by atoms with Crippen molar-refractivity contribution in [2.45, 2.75) is 42.7 Å². The molecule has 48 heavy (non-hydrogen) atoms. The number of carbonyl (C=O) groups is 2. The molecule has 0 aromatic heterocycles. The van der Waals surface area contributed by atoms with Crippen molar-refractivity contribution >= 4 is 35.0 Å². The van der Waals surface area contributed by atoms with Crippen LogP contribution < -0.4 is 19.9 Å². The molecule has 2 N–H and O–H groups in total. The van der Waals surface area contributed by atoms with Gasteiger partial charge in [-0.05, 0) is 92.8 Å². The summed E-state index contributed by atoms with van der Waals surface area (Å²) in [7, 11) is 4.49. The van der Waals surface area contributed by atoms with Crippen LogP contribution in [0.1, 0.15) is 52.7 Å². The molecule has 2 aliphatic heterocycles. The van der Waals surface area contributed by atoms with Gasteiger partial charge in [-0.15, -0.1) is 0 Å². The van der Waals surface area contributed by atoms with E-state index >= 15 is 0 Å². The van der Waals surface area contributed by atoms with E-state index in [9.17, 15) is 22.8 Å². The second kappa shape index (κ2) is 14.1. The lowest BCUT2D eigenvalue weighted by Crippen LogP contribution is -2.50. The SMILES string of the molecule is COc1cc(C(=O)N2CCC(CCN3CCC(C(N)=O)(c4ccc(C(F)(F)F)cc4)CC3)(c3ccc(Cl)c(Cl)c3)C2)cc(OC)c1OC.